The van der Waals surface area contributed by atoms with Gasteiger partial charge in [-0.3, -0.25) is 4.79 Å². The Kier molecular flexibility index (Phi) is 5.33. The van der Waals surface area contributed by atoms with Crippen molar-refractivity contribution < 1.29 is 14.3 Å². The van der Waals surface area contributed by atoms with E-state index >= 15 is 0 Å². The van der Waals surface area contributed by atoms with Crippen LogP contribution in [-0.2, 0) is 0 Å². The highest BCUT2D eigenvalue weighted by Crippen LogP contribution is 2.32. The highest BCUT2D eigenvalue weighted by molar-refractivity contribution is 6.03. The number of hydrogen-bond donors (Lipinski definition) is 2. The summed E-state index contributed by atoms with van der Waals surface area (Å²) >= 11 is 0. The lowest BCUT2D eigenvalue weighted by molar-refractivity contribution is 0.102. The van der Waals surface area contributed by atoms with Gasteiger partial charge in [0.25, 0.3) is 5.91 Å². The number of amides is 1. The van der Waals surface area contributed by atoms with E-state index in [4.69, 9.17) is 9.47 Å². The van der Waals surface area contributed by atoms with Crippen LogP contribution >= 0.6 is 0 Å². The first-order chi connectivity index (χ1) is 14.1. The molecule has 1 aromatic heterocycles. The normalized spacial score (nSPS) is 12.5. The fourth-order valence-corrected chi connectivity index (χ4v) is 3.04. The second kappa shape index (κ2) is 8.22. The maximum absolute atomic E-state index is 12.5. The first-order valence-electron chi connectivity index (χ1n) is 9.62. The van der Waals surface area contributed by atoms with E-state index in [-0.39, 0.29) is 5.91 Å². The fraction of sp³-hybridized carbons (Fsp3) is 0.217. The lowest BCUT2D eigenvalue weighted by atomic mass is 10.0. The minimum Gasteiger partial charge on any atom is -0.486 e. The van der Waals surface area contributed by atoms with Crippen molar-refractivity contribution in [2.24, 2.45) is 0 Å². The molecule has 0 atom stereocenters. The number of hydrogen-bond acceptors (Lipinski definition) is 5. The summed E-state index contributed by atoms with van der Waals surface area (Å²) in [7, 11) is 0. The zero-order valence-corrected chi connectivity index (χ0v) is 16.4. The third-order valence-electron chi connectivity index (χ3n) is 4.66. The molecule has 6 nitrogen and oxygen atoms in total. The molecule has 2 heterocycles. The number of nitrogens with one attached hydrogen (secondary N) is 2. The summed E-state index contributed by atoms with van der Waals surface area (Å²) in [6.45, 7) is 5.37. The molecule has 2 N–H and O–H groups in total. The predicted molar refractivity (Wildman–Crippen MR) is 113 cm³/mol. The highest BCUT2D eigenvalue weighted by atomic mass is 16.6. The molecule has 0 unspecified atom stereocenters. The molecule has 0 saturated heterocycles. The molecule has 0 fully saturated rings. The number of rotatable bonds is 5. The van der Waals surface area contributed by atoms with Crippen molar-refractivity contribution in [2.75, 3.05) is 23.8 Å². The number of carbonyl (C=O) groups is 1. The first-order valence-corrected chi connectivity index (χ1v) is 9.62. The number of nitrogens with zero attached hydrogens (tertiary/aromatic N) is 1. The minimum absolute atomic E-state index is 0.283. The molecule has 1 amide bonds. The van der Waals surface area contributed by atoms with Gasteiger partial charge in [-0.15, -0.1) is 0 Å². The molecule has 29 heavy (non-hydrogen) atoms. The monoisotopic (exact) mass is 389 g/mol. The van der Waals surface area contributed by atoms with Gasteiger partial charge in [0.2, 0.25) is 0 Å². The SMILES string of the molecule is CC(C)c1ccc(Nc2ccc(C(=O)Nc3ccc4c(c3)OCCO4)nc2)cc1. The van der Waals surface area contributed by atoms with Crippen LogP contribution in [0.4, 0.5) is 17.1 Å². The number of carbonyl (C=O) groups excluding carboxylic acids is 1. The van der Waals surface area contributed by atoms with Crippen molar-refractivity contribution >= 4 is 23.0 Å². The summed E-state index contributed by atoms with van der Waals surface area (Å²) in [4.78, 5) is 16.8. The van der Waals surface area contributed by atoms with E-state index in [0.717, 1.165) is 11.4 Å². The molecule has 6 heteroatoms. The maximum Gasteiger partial charge on any atom is 0.274 e. The Hall–Kier alpha value is -3.54. The molecule has 148 valence electrons. The third kappa shape index (κ3) is 4.48. The fourth-order valence-electron chi connectivity index (χ4n) is 3.04. The Morgan fingerprint density at radius 1 is 0.897 bits per heavy atom. The van der Waals surface area contributed by atoms with Crippen LogP contribution in [0.2, 0.25) is 0 Å². The van der Waals surface area contributed by atoms with Crippen molar-refractivity contribution in [2.45, 2.75) is 19.8 Å². The molecule has 0 aliphatic carbocycles. The lowest BCUT2D eigenvalue weighted by Gasteiger charge is -2.19. The lowest BCUT2D eigenvalue weighted by Crippen LogP contribution is -2.17. The average Bonchev–Trinajstić information content (AvgIpc) is 2.74. The minimum atomic E-state index is -0.283. The van der Waals surface area contributed by atoms with E-state index in [9.17, 15) is 4.79 Å². The molecular formula is C23H23N3O3. The van der Waals surface area contributed by atoms with Crippen LogP contribution in [-0.4, -0.2) is 24.1 Å². The molecule has 1 aliphatic heterocycles. The van der Waals surface area contributed by atoms with Crippen molar-refractivity contribution in [3.8, 4) is 11.5 Å². The molecule has 4 rings (SSSR count). The largest absolute Gasteiger partial charge is 0.486 e. The molecule has 3 aromatic rings. The van der Waals surface area contributed by atoms with Gasteiger partial charge in [-0.2, -0.15) is 0 Å². The number of ether oxygens (including phenoxy) is 2. The van der Waals surface area contributed by atoms with Crippen molar-refractivity contribution in [1.82, 2.24) is 4.98 Å². The van der Waals surface area contributed by atoms with E-state index in [2.05, 4.69) is 41.6 Å². The Labute approximate surface area is 169 Å². The molecule has 0 spiro atoms. The number of aromatic nitrogens is 1. The number of anilines is 3. The summed E-state index contributed by atoms with van der Waals surface area (Å²) < 4.78 is 11.0. The second-order valence-electron chi connectivity index (χ2n) is 7.15. The molecule has 0 radical (unpaired) electrons. The van der Waals surface area contributed by atoms with E-state index < -0.39 is 0 Å². The van der Waals surface area contributed by atoms with Gasteiger partial charge in [-0.05, 0) is 47.9 Å². The van der Waals surface area contributed by atoms with Crippen LogP contribution in [0.5, 0.6) is 11.5 Å². The topological polar surface area (TPSA) is 72.5 Å². The van der Waals surface area contributed by atoms with E-state index in [1.807, 2.05) is 18.2 Å². The smallest absolute Gasteiger partial charge is 0.274 e. The Morgan fingerprint density at radius 2 is 1.59 bits per heavy atom. The highest BCUT2D eigenvalue weighted by Gasteiger charge is 2.14. The number of fused-ring (bicyclic) bond motifs is 1. The van der Waals surface area contributed by atoms with Crippen molar-refractivity contribution in [1.29, 1.82) is 0 Å². The van der Waals surface area contributed by atoms with Gasteiger partial charge in [0, 0.05) is 17.4 Å². The van der Waals surface area contributed by atoms with Gasteiger partial charge in [0.1, 0.15) is 18.9 Å². The first kappa shape index (κ1) is 18.8. The molecular weight excluding hydrogens is 366 g/mol. The summed E-state index contributed by atoms with van der Waals surface area (Å²) in [5, 5.41) is 6.13. The van der Waals surface area contributed by atoms with Gasteiger partial charge in [-0.25, -0.2) is 4.98 Å². The summed E-state index contributed by atoms with van der Waals surface area (Å²) in [6, 6.07) is 17.1. The van der Waals surface area contributed by atoms with E-state index in [1.54, 1.807) is 30.5 Å². The van der Waals surface area contributed by atoms with Crippen LogP contribution in [0.25, 0.3) is 0 Å². The van der Waals surface area contributed by atoms with E-state index in [0.29, 0.717) is 42.0 Å². The van der Waals surface area contributed by atoms with Crippen LogP contribution in [0, 0.1) is 0 Å². The maximum atomic E-state index is 12.5. The van der Waals surface area contributed by atoms with Crippen LogP contribution in [0.15, 0.2) is 60.8 Å². The zero-order chi connectivity index (χ0) is 20.2. The van der Waals surface area contributed by atoms with Crippen molar-refractivity contribution in [3.63, 3.8) is 0 Å². The Balaban J connectivity index is 1.40. The predicted octanol–water partition coefficient (Wildman–Crippen LogP) is 4.97. The Bertz CT molecular complexity index is 999. The second-order valence-corrected chi connectivity index (χ2v) is 7.15. The molecule has 1 aliphatic rings. The third-order valence-corrected chi connectivity index (χ3v) is 4.66. The molecule has 0 saturated carbocycles. The molecule has 2 aromatic carbocycles. The average molecular weight is 389 g/mol. The van der Waals surface area contributed by atoms with Gasteiger partial charge < -0.3 is 20.1 Å². The number of pyridine rings is 1. The van der Waals surface area contributed by atoms with Gasteiger partial charge in [-0.1, -0.05) is 26.0 Å². The van der Waals surface area contributed by atoms with Crippen molar-refractivity contribution in [3.05, 3.63) is 72.1 Å². The van der Waals surface area contributed by atoms with Gasteiger partial charge >= 0.3 is 0 Å². The molecule has 0 bridgehead atoms. The van der Waals surface area contributed by atoms with E-state index in [1.165, 1.54) is 5.56 Å². The summed E-state index contributed by atoms with van der Waals surface area (Å²) in [6.07, 6.45) is 1.65. The standard InChI is InChI=1S/C23H23N3O3/c1-15(2)16-3-5-17(6-4-16)25-19-7-9-20(24-14-19)23(27)26-18-8-10-21-22(13-18)29-12-11-28-21/h3-10,13-15,25H,11-12H2,1-2H3,(H,26,27). The van der Waals surface area contributed by atoms with Gasteiger partial charge in [0.05, 0.1) is 11.9 Å². The number of benzene rings is 2. The van der Waals surface area contributed by atoms with Crippen LogP contribution in [0.3, 0.4) is 0 Å². The van der Waals surface area contributed by atoms with Crippen LogP contribution in [0.1, 0.15) is 35.8 Å². The Morgan fingerprint density at radius 3 is 2.28 bits per heavy atom. The summed E-state index contributed by atoms with van der Waals surface area (Å²) in [5.41, 5.74) is 4.05. The summed E-state index contributed by atoms with van der Waals surface area (Å²) in [5.74, 6) is 1.53. The van der Waals surface area contributed by atoms with Crippen LogP contribution < -0.4 is 20.1 Å². The quantitative estimate of drug-likeness (QED) is 0.644. The zero-order valence-electron chi connectivity index (χ0n) is 16.4. The van der Waals surface area contributed by atoms with Gasteiger partial charge in [0.15, 0.2) is 11.5 Å².